The standard InChI is InChI=1S/C34H41BrN4O3/c35-29-13-7-12-28(21-29)23-39(24-32(40)41)33(42)30-22-36-34(37-31(30)15-14-25-8-3-1-4-9-25)38-18-16-27(17-19-38)20-26-10-5-2-6-11-26/h2,5-7,10-13,21-22,25,27H,1,3-4,8-9,14-20,23-24H2,(H,40,41). The summed E-state index contributed by atoms with van der Waals surface area (Å²) < 4.78 is 0.885. The third-order valence-corrected chi connectivity index (χ3v) is 9.23. The lowest BCUT2D eigenvalue weighted by molar-refractivity contribution is -0.137. The van der Waals surface area contributed by atoms with Gasteiger partial charge in [-0.25, -0.2) is 9.97 Å². The Hall–Kier alpha value is -3.26. The van der Waals surface area contributed by atoms with E-state index in [1.165, 1.54) is 42.6 Å². The molecule has 222 valence electrons. The lowest BCUT2D eigenvalue weighted by atomic mass is 9.85. The summed E-state index contributed by atoms with van der Waals surface area (Å²) in [7, 11) is 0. The smallest absolute Gasteiger partial charge is 0.323 e. The number of hydrogen-bond donors (Lipinski definition) is 1. The monoisotopic (exact) mass is 632 g/mol. The maximum atomic E-state index is 13.9. The molecule has 2 aromatic carbocycles. The molecule has 1 amide bonds. The summed E-state index contributed by atoms with van der Waals surface area (Å²) in [6.45, 7) is 1.59. The predicted molar refractivity (Wildman–Crippen MR) is 169 cm³/mol. The molecule has 0 spiro atoms. The van der Waals surface area contributed by atoms with Crippen LogP contribution in [0.3, 0.4) is 0 Å². The van der Waals surface area contributed by atoms with Gasteiger partial charge < -0.3 is 14.9 Å². The van der Waals surface area contributed by atoms with E-state index in [1.807, 2.05) is 24.3 Å². The van der Waals surface area contributed by atoms with Crippen LogP contribution in [0.15, 0.2) is 65.3 Å². The quantitative estimate of drug-likeness (QED) is 0.246. The highest BCUT2D eigenvalue weighted by molar-refractivity contribution is 9.10. The fourth-order valence-corrected chi connectivity index (χ4v) is 6.86. The van der Waals surface area contributed by atoms with E-state index in [0.29, 0.717) is 29.8 Å². The highest BCUT2D eigenvalue weighted by Gasteiger charge is 2.27. The number of benzene rings is 2. The van der Waals surface area contributed by atoms with Gasteiger partial charge in [-0.05, 0) is 67.2 Å². The molecule has 0 bridgehead atoms. The summed E-state index contributed by atoms with van der Waals surface area (Å²) in [6, 6.07) is 18.3. The van der Waals surface area contributed by atoms with Gasteiger partial charge in [-0.15, -0.1) is 0 Å². The van der Waals surface area contributed by atoms with Gasteiger partial charge in [-0.2, -0.15) is 0 Å². The summed E-state index contributed by atoms with van der Waals surface area (Å²) in [5.74, 6) is 0.589. The third-order valence-electron chi connectivity index (χ3n) is 8.74. The zero-order valence-electron chi connectivity index (χ0n) is 24.3. The van der Waals surface area contributed by atoms with Gasteiger partial charge in [0.1, 0.15) is 6.54 Å². The molecule has 8 heteroatoms. The average molecular weight is 634 g/mol. The van der Waals surface area contributed by atoms with E-state index >= 15 is 0 Å². The summed E-state index contributed by atoms with van der Waals surface area (Å²) in [5, 5.41) is 9.64. The number of hydrogen-bond acceptors (Lipinski definition) is 5. The number of rotatable bonds is 11. The number of nitrogens with zero attached hydrogens (tertiary/aromatic N) is 4. The first-order chi connectivity index (χ1) is 20.4. The van der Waals surface area contributed by atoms with Crippen molar-refractivity contribution in [2.45, 2.75) is 70.8 Å². The Balaban J connectivity index is 1.34. The average Bonchev–Trinajstić information content (AvgIpc) is 3.00. The molecule has 0 unspecified atom stereocenters. The second kappa shape index (κ2) is 14.8. The maximum absolute atomic E-state index is 13.9. The number of halogens is 1. The van der Waals surface area contributed by atoms with E-state index in [-0.39, 0.29) is 19.0 Å². The van der Waals surface area contributed by atoms with Crippen LogP contribution in [0.25, 0.3) is 0 Å². The molecule has 5 rings (SSSR count). The van der Waals surface area contributed by atoms with Crippen LogP contribution in [-0.4, -0.2) is 51.5 Å². The summed E-state index contributed by atoms with van der Waals surface area (Å²) in [4.78, 5) is 39.0. The summed E-state index contributed by atoms with van der Waals surface area (Å²) in [5.41, 5.74) is 3.41. The predicted octanol–water partition coefficient (Wildman–Crippen LogP) is 6.94. The molecule has 42 heavy (non-hydrogen) atoms. The van der Waals surface area contributed by atoms with Crippen LogP contribution in [0.1, 0.15) is 78.5 Å². The highest BCUT2D eigenvalue weighted by atomic mass is 79.9. The van der Waals surface area contributed by atoms with Gasteiger partial charge in [0.15, 0.2) is 0 Å². The minimum Gasteiger partial charge on any atom is -0.480 e. The second-order valence-electron chi connectivity index (χ2n) is 11.9. The van der Waals surface area contributed by atoms with E-state index in [9.17, 15) is 14.7 Å². The first-order valence-electron chi connectivity index (χ1n) is 15.3. The molecule has 1 saturated carbocycles. The largest absolute Gasteiger partial charge is 0.480 e. The van der Waals surface area contributed by atoms with Gasteiger partial charge in [0.05, 0.1) is 11.3 Å². The Morgan fingerprint density at radius 2 is 1.67 bits per heavy atom. The van der Waals surface area contributed by atoms with Crippen molar-refractivity contribution in [2.24, 2.45) is 11.8 Å². The van der Waals surface area contributed by atoms with Gasteiger partial charge in [0.2, 0.25) is 5.95 Å². The number of carboxylic acids is 1. The summed E-state index contributed by atoms with van der Waals surface area (Å²) >= 11 is 3.48. The fourth-order valence-electron chi connectivity index (χ4n) is 6.42. The zero-order chi connectivity index (χ0) is 29.3. The second-order valence-corrected chi connectivity index (χ2v) is 12.8. The van der Waals surface area contributed by atoms with Crippen molar-refractivity contribution < 1.29 is 14.7 Å². The van der Waals surface area contributed by atoms with Crippen LogP contribution in [0.5, 0.6) is 0 Å². The van der Waals surface area contributed by atoms with Crippen LogP contribution >= 0.6 is 15.9 Å². The van der Waals surface area contributed by atoms with Gasteiger partial charge in [0, 0.05) is 30.3 Å². The minimum atomic E-state index is -1.04. The molecule has 0 atom stereocenters. The fraction of sp³-hybridized carbons (Fsp3) is 0.471. The molecule has 1 aromatic heterocycles. The Morgan fingerprint density at radius 1 is 0.929 bits per heavy atom. The molecule has 2 heterocycles. The SMILES string of the molecule is O=C(O)CN(Cc1cccc(Br)c1)C(=O)c1cnc(N2CCC(Cc3ccccc3)CC2)nc1CCC1CCCCC1. The Morgan fingerprint density at radius 3 is 2.38 bits per heavy atom. The molecule has 1 N–H and O–H groups in total. The van der Waals surface area contributed by atoms with Crippen molar-refractivity contribution >= 4 is 33.8 Å². The Kier molecular flexibility index (Phi) is 10.6. The minimum absolute atomic E-state index is 0.198. The number of anilines is 1. The number of carboxylic acid groups (broad SMARTS) is 1. The van der Waals surface area contributed by atoms with Crippen molar-refractivity contribution in [3.8, 4) is 0 Å². The number of piperidine rings is 1. The third kappa shape index (κ3) is 8.40. The first kappa shape index (κ1) is 30.2. The molecule has 0 radical (unpaired) electrons. The number of amides is 1. The molecule has 1 aliphatic carbocycles. The molecule has 1 aliphatic heterocycles. The van der Waals surface area contributed by atoms with Crippen LogP contribution in [-0.2, 0) is 24.2 Å². The summed E-state index contributed by atoms with van der Waals surface area (Å²) in [6.07, 6.45) is 12.9. The van der Waals surface area contributed by atoms with Crippen molar-refractivity contribution in [1.29, 1.82) is 0 Å². The van der Waals surface area contributed by atoms with E-state index < -0.39 is 5.97 Å². The number of aromatic nitrogens is 2. The molecule has 2 aliphatic rings. The Labute approximate surface area is 257 Å². The van der Waals surface area contributed by atoms with Gasteiger partial charge in [0.25, 0.3) is 5.91 Å². The molecule has 3 aromatic rings. The highest BCUT2D eigenvalue weighted by Crippen LogP contribution is 2.29. The number of carbonyl (C=O) groups is 2. The lowest BCUT2D eigenvalue weighted by Crippen LogP contribution is -2.37. The van der Waals surface area contributed by atoms with Crippen molar-refractivity contribution in [3.63, 3.8) is 0 Å². The molecule has 7 nitrogen and oxygen atoms in total. The van der Waals surface area contributed by atoms with Crippen LogP contribution in [0.4, 0.5) is 5.95 Å². The first-order valence-corrected chi connectivity index (χ1v) is 16.1. The number of carbonyl (C=O) groups excluding carboxylic acids is 1. The zero-order valence-corrected chi connectivity index (χ0v) is 25.8. The number of aliphatic carboxylic acids is 1. The van der Waals surface area contributed by atoms with Crippen molar-refractivity contribution in [3.05, 3.63) is 87.7 Å². The van der Waals surface area contributed by atoms with Crippen LogP contribution in [0, 0.1) is 11.8 Å². The van der Waals surface area contributed by atoms with E-state index in [1.54, 1.807) is 6.20 Å². The van der Waals surface area contributed by atoms with Gasteiger partial charge in [-0.1, -0.05) is 90.5 Å². The molecular formula is C34H41BrN4O3. The van der Waals surface area contributed by atoms with Gasteiger partial charge >= 0.3 is 5.97 Å². The van der Waals surface area contributed by atoms with Crippen LogP contribution in [0.2, 0.25) is 0 Å². The van der Waals surface area contributed by atoms with Crippen molar-refractivity contribution in [1.82, 2.24) is 14.9 Å². The van der Waals surface area contributed by atoms with Crippen LogP contribution < -0.4 is 4.90 Å². The lowest BCUT2D eigenvalue weighted by Gasteiger charge is -2.32. The number of aryl methyl sites for hydroxylation is 1. The topological polar surface area (TPSA) is 86.6 Å². The Bertz CT molecular complexity index is 1340. The molecule has 2 fully saturated rings. The van der Waals surface area contributed by atoms with Crippen molar-refractivity contribution in [2.75, 3.05) is 24.5 Å². The maximum Gasteiger partial charge on any atom is 0.323 e. The molecule has 1 saturated heterocycles. The van der Waals surface area contributed by atoms with Gasteiger partial charge in [-0.3, -0.25) is 9.59 Å². The van der Waals surface area contributed by atoms with E-state index in [0.717, 1.165) is 54.5 Å². The van der Waals surface area contributed by atoms with E-state index in [4.69, 9.17) is 4.98 Å². The molecular weight excluding hydrogens is 592 g/mol. The van der Waals surface area contributed by atoms with E-state index in [2.05, 4.69) is 56.1 Å². The normalized spacial score (nSPS) is 16.4.